The van der Waals surface area contributed by atoms with Gasteiger partial charge in [-0.05, 0) is 59.0 Å². The van der Waals surface area contributed by atoms with E-state index in [1.165, 1.54) is 19.3 Å². The molecule has 1 aromatic rings. The lowest BCUT2D eigenvalue weighted by molar-refractivity contribution is 0.0115. The van der Waals surface area contributed by atoms with E-state index < -0.39 is 0 Å². The topological polar surface area (TPSA) is 45.4 Å². The van der Waals surface area contributed by atoms with Crippen molar-refractivity contribution < 1.29 is 0 Å². The van der Waals surface area contributed by atoms with Crippen molar-refractivity contribution in [3.05, 3.63) is 30.1 Å². The summed E-state index contributed by atoms with van der Waals surface area (Å²) in [5.41, 5.74) is 7.81. The number of pyridine rings is 1. The van der Waals surface area contributed by atoms with E-state index in [1.807, 2.05) is 12.3 Å². The molecule has 118 valence electrons. The van der Waals surface area contributed by atoms with Gasteiger partial charge in [-0.15, -0.1) is 0 Å². The van der Waals surface area contributed by atoms with E-state index in [9.17, 15) is 0 Å². The number of likely N-dealkylation sites (N-methyl/N-ethyl adjacent to an activating group) is 2. The van der Waals surface area contributed by atoms with Crippen molar-refractivity contribution in [2.24, 2.45) is 5.73 Å². The Morgan fingerprint density at radius 2 is 2.00 bits per heavy atom. The first-order chi connectivity index (χ1) is 10.00. The van der Waals surface area contributed by atoms with Crippen LogP contribution in [0.1, 0.15) is 44.3 Å². The van der Waals surface area contributed by atoms with Crippen molar-refractivity contribution >= 4 is 0 Å². The molecule has 1 fully saturated rings. The van der Waals surface area contributed by atoms with E-state index in [2.05, 4.69) is 55.0 Å². The van der Waals surface area contributed by atoms with Crippen molar-refractivity contribution in [3.8, 4) is 0 Å². The van der Waals surface area contributed by atoms with Gasteiger partial charge in [0.15, 0.2) is 0 Å². The van der Waals surface area contributed by atoms with Crippen LogP contribution in [0.3, 0.4) is 0 Å². The summed E-state index contributed by atoms with van der Waals surface area (Å²) in [4.78, 5) is 9.35. The fourth-order valence-corrected chi connectivity index (χ4v) is 3.44. The predicted octanol–water partition coefficient (Wildman–Crippen LogP) is 2.28. The third kappa shape index (κ3) is 3.44. The molecule has 0 aliphatic heterocycles. The largest absolute Gasteiger partial charge is 0.326 e. The quantitative estimate of drug-likeness (QED) is 0.837. The van der Waals surface area contributed by atoms with Crippen LogP contribution in [0.5, 0.6) is 0 Å². The van der Waals surface area contributed by atoms with Gasteiger partial charge in [0.1, 0.15) is 0 Å². The molecule has 2 rings (SSSR count). The van der Waals surface area contributed by atoms with Crippen LogP contribution in [0.2, 0.25) is 0 Å². The maximum Gasteiger partial charge on any atom is 0.0671 e. The zero-order valence-corrected chi connectivity index (χ0v) is 13.9. The van der Waals surface area contributed by atoms with Crippen molar-refractivity contribution in [2.75, 3.05) is 27.7 Å². The second kappa shape index (κ2) is 6.86. The third-order valence-electron chi connectivity index (χ3n) is 5.12. The smallest absolute Gasteiger partial charge is 0.0671 e. The van der Waals surface area contributed by atoms with E-state index in [0.29, 0.717) is 5.54 Å². The molecule has 1 aromatic heterocycles. The van der Waals surface area contributed by atoms with Gasteiger partial charge in [0, 0.05) is 24.3 Å². The molecule has 0 bridgehead atoms. The Morgan fingerprint density at radius 1 is 1.29 bits per heavy atom. The molecule has 0 aromatic carbocycles. The molecule has 2 unspecified atom stereocenters. The second-order valence-corrected chi connectivity index (χ2v) is 6.66. The fraction of sp³-hybridized carbons (Fsp3) is 0.706. The number of nitrogens with two attached hydrogens (primary N) is 1. The van der Waals surface area contributed by atoms with E-state index in [4.69, 9.17) is 5.73 Å². The Balaban J connectivity index is 2.17. The summed E-state index contributed by atoms with van der Waals surface area (Å²) in [7, 11) is 6.59. The van der Waals surface area contributed by atoms with Crippen LogP contribution in [0, 0.1) is 0 Å². The summed E-state index contributed by atoms with van der Waals surface area (Å²) >= 11 is 0. The normalized spacial score (nSPS) is 20.3. The van der Waals surface area contributed by atoms with Crippen LogP contribution < -0.4 is 5.73 Å². The van der Waals surface area contributed by atoms with Crippen LogP contribution >= 0.6 is 0 Å². The van der Waals surface area contributed by atoms with Gasteiger partial charge < -0.3 is 10.6 Å². The number of hydrogen-bond acceptors (Lipinski definition) is 4. The monoisotopic (exact) mass is 290 g/mol. The summed E-state index contributed by atoms with van der Waals surface area (Å²) in [6.07, 6.45) is 6.71. The second-order valence-electron chi connectivity index (χ2n) is 6.66. The van der Waals surface area contributed by atoms with Gasteiger partial charge in [-0.1, -0.05) is 13.0 Å². The van der Waals surface area contributed by atoms with Gasteiger partial charge in [0.2, 0.25) is 0 Å². The Labute approximate surface area is 129 Å². The van der Waals surface area contributed by atoms with Gasteiger partial charge in [-0.25, -0.2) is 0 Å². The number of nitrogens with zero attached hydrogens (tertiary/aromatic N) is 3. The van der Waals surface area contributed by atoms with Crippen LogP contribution in [0.4, 0.5) is 0 Å². The average molecular weight is 290 g/mol. The lowest BCUT2D eigenvalue weighted by atomic mass is 9.75. The fourth-order valence-electron chi connectivity index (χ4n) is 3.44. The molecule has 2 N–H and O–H groups in total. The highest BCUT2D eigenvalue weighted by molar-refractivity contribution is 5.12. The zero-order valence-electron chi connectivity index (χ0n) is 13.9. The van der Waals surface area contributed by atoms with E-state index >= 15 is 0 Å². The highest BCUT2D eigenvalue weighted by atomic mass is 15.2. The van der Waals surface area contributed by atoms with Crippen LogP contribution in [-0.4, -0.2) is 54.1 Å². The molecule has 1 saturated carbocycles. The van der Waals surface area contributed by atoms with Crippen molar-refractivity contribution in [1.82, 2.24) is 14.8 Å². The van der Waals surface area contributed by atoms with Crippen LogP contribution in [0.25, 0.3) is 0 Å². The highest BCUT2D eigenvalue weighted by Gasteiger charge is 2.41. The molecule has 0 spiro atoms. The van der Waals surface area contributed by atoms with Gasteiger partial charge in [-0.2, -0.15) is 0 Å². The van der Waals surface area contributed by atoms with Crippen molar-refractivity contribution in [1.29, 1.82) is 0 Å². The molecular weight excluding hydrogens is 260 g/mol. The predicted molar refractivity (Wildman–Crippen MR) is 88.1 cm³/mol. The minimum atomic E-state index is 0.115. The number of hydrogen-bond donors (Lipinski definition) is 1. The Morgan fingerprint density at radius 3 is 2.43 bits per heavy atom. The minimum Gasteiger partial charge on any atom is -0.326 e. The van der Waals surface area contributed by atoms with Gasteiger partial charge >= 0.3 is 0 Å². The lowest BCUT2D eigenvalue weighted by Crippen LogP contribution is -2.58. The summed E-state index contributed by atoms with van der Waals surface area (Å²) in [5, 5.41) is 0. The molecule has 4 nitrogen and oxygen atoms in total. The molecule has 1 heterocycles. The molecular formula is C17H30N4. The Kier molecular flexibility index (Phi) is 5.36. The highest BCUT2D eigenvalue weighted by Crippen LogP contribution is 2.38. The van der Waals surface area contributed by atoms with Crippen LogP contribution in [-0.2, 0) is 0 Å². The maximum atomic E-state index is 6.41. The molecule has 0 amide bonds. The molecule has 1 aliphatic carbocycles. The van der Waals surface area contributed by atoms with Crippen molar-refractivity contribution in [3.63, 3.8) is 0 Å². The molecule has 1 aliphatic rings. The zero-order chi connectivity index (χ0) is 15.5. The average Bonchev–Trinajstić information content (AvgIpc) is 2.43. The Hall–Kier alpha value is -0.970. The number of aromatic nitrogens is 1. The minimum absolute atomic E-state index is 0.115. The molecule has 2 atom stereocenters. The van der Waals surface area contributed by atoms with Crippen molar-refractivity contribution in [2.45, 2.75) is 50.2 Å². The van der Waals surface area contributed by atoms with E-state index in [0.717, 1.165) is 18.7 Å². The summed E-state index contributed by atoms with van der Waals surface area (Å²) in [5.74, 6) is 0. The first-order valence-electron chi connectivity index (χ1n) is 8.04. The van der Waals surface area contributed by atoms with Gasteiger partial charge in [0.05, 0.1) is 11.7 Å². The molecule has 21 heavy (non-hydrogen) atoms. The third-order valence-corrected chi connectivity index (χ3v) is 5.12. The molecule has 0 saturated heterocycles. The van der Waals surface area contributed by atoms with Crippen LogP contribution in [0.15, 0.2) is 24.4 Å². The summed E-state index contributed by atoms with van der Waals surface area (Å²) in [6, 6.07) is 6.42. The Bertz CT molecular complexity index is 428. The van der Waals surface area contributed by atoms with E-state index in [1.54, 1.807) is 0 Å². The first kappa shape index (κ1) is 16.4. The maximum absolute atomic E-state index is 6.41. The summed E-state index contributed by atoms with van der Waals surface area (Å²) in [6.45, 7) is 3.20. The lowest BCUT2D eigenvalue weighted by Gasteiger charge is -2.50. The molecule has 4 heteroatoms. The standard InChI is InChI=1S/C17H30N4/c1-5-14(18)16(15-9-6-7-12-19-15)21(4)13-17(20(2)3)10-8-11-17/h6-7,9,12,14,16H,5,8,10-11,13,18H2,1-4H3. The number of rotatable bonds is 7. The van der Waals surface area contributed by atoms with Gasteiger partial charge in [0.25, 0.3) is 0 Å². The van der Waals surface area contributed by atoms with Gasteiger partial charge in [-0.3, -0.25) is 9.88 Å². The molecule has 0 radical (unpaired) electrons. The first-order valence-corrected chi connectivity index (χ1v) is 8.04. The summed E-state index contributed by atoms with van der Waals surface area (Å²) < 4.78 is 0. The SMILES string of the molecule is CCC(N)C(c1ccccn1)N(C)CC1(N(C)C)CCC1. The van der Waals surface area contributed by atoms with E-state index in [-0.39, 0.29) is 12.1 Å².